The molecule has 2 saturated heterocycles. The van der Waals surface area contributed by atoms with Crippen LogP contribution in [0, 0.1) is 5.82 Å². The zero-order valence-corrected chi connectivity index (χ0v) is 23.6. The molecule has 0 radical (unpaired) electrons. The van der Waals surface area contributed by atoms with Gasteiger partial charge in [0.1, 0.15) is 5.82 Å². The fraction of sp³-hybridized carbons (Fsp3) is 0.333. The molecule has 0 bridgehead atoms. The van der Waals surface area contributed by atoms with Crippen LogP contribution in [0.15, 0.2) is 82.5 Å². The Bertz CT molecular complexity index is 1680. The molecule has 3 aromatic carbocycles. The van der Waals surface area contributed by atoms with Crippen LogP contribution in [0.5, 0.6) is 0 Å². The Labute approximate surface area is 238 Å². The summed E-state index contributed by atoms with van der Waals surface area (Å²) in [7, 11) is -3.63. The van der Waals surface area contributed by atoms with Crippen molar-refractivity contribution in [2.75, 3.05) is 57.3 Å². The van der Waals surface area contributed by atoms with Crippen LogP contribution in [-0.4, -0.2) is 84.8 Å². The summed E-state index contributed by atoms with van der Waals surface area (Å²) in [5.74, 6) is 0.251. The fourth-order valence-corrected chi connectivity index (χ4v) is 6.98. The van der Waals surface area contributed by atoms with Crippen LogP contribution in [0.3, 0.4) is 0 Å². The van der Waals surface area contributed by atoms with E-state index in [1.165, 1.54) is 22.5 Å². The predicted octanol–water partition coefficient (Wildman–Crippen LogP) is 2.89. The third-order valence-electron chi connectivity index (χ3n) is 7.85. The van der Waals surface area contributed by atoms with E-state index in [0.29, 0.717) is 44.4 Å². The van der Waals surface area contributed by atoms with Gasteiger partial charge in [-0.25, -0.2) is 17.8 Å². The topological polar surface area (TPSA) is 92.8 Å². The number of hydrogen-bond acceptors (Lipinski definition) is 7. The summed E-state index contributed by atoms with van der Waals surface area (Å²) in [6, 6.07) is 21.1. The van der Waals surface area contributed by atoms with Crippen LogP contribution >= 0.6 is 0 Å². The van der Waals surface area contributed by atoms with Crippen LogP contribution < -0.4 is 10.5 Å². The first-order valence-corrected chi connectivity index (χ1v) is 15.3. The summed E-state index contributed by atoms with van der Waals surface area (Å²) in [5.41, 5.74) is 1.57. The van der Waals surface area contributed by atoms with E-state index in [1.807, 2.05) is 47.4 Å². The van der Waals surface area contributed by atoms with E-state index in [4.69, 9.17) is 4.98 Å². The zero-order chi connectivity index (χ0) is 28.4. The molecule has 11 heteroatoms. The summed E-state index contributed by atoms with van der Waals surface area (Å²) < 4.78 is 41.4. The van der Waals surface area contributed by atoms with Crippen LogP contribution in [0.25, 0.3) is 10.8 Å². The van der Waals surface area contributed by atoms with Gasteiger partial charge in [0.25, 0.3) is 5.56 Å². The normalized spacial score (nSPS) is 17.7. The maximum atomic E-state index is 13.4. The van der Waals surface area contributed by atoms with Gasteiger partial charge in [-0.15, -0.1) is 0 Å². The Balaban J connectivity index is 1.05. The van der Waals surface area contributed by atoms with E-state index in [1.54, 1.807) is 12.1 Å². The number of hydrogen-bond donors (Lipinski definition) is 1. The third-order valence-corrected chi connectivity index (χ3v) is 9.74. The highest BCUT2D eigenvalue weighted by Crippen LogP contribution is 2.23. The number of rotatable bonds is 7. The first kappa shape index (κ1) is 27.5. The minimum atomic E-state index is -3.63. The van der Waals surface area contributed by atoms with Crippen molar-refractivity contribution in [3.8, 4) is 0 Å². The number of aromatic amines is 1. The lowest BCUT2D eigenvalue weighted by Crippen LogP contribution is -2.49. The second kappa shape index (κ2) is 11.7. The molecule has 0 saturated carbocycles. The largest absolute Gasteiger partial charge is 0.340 e. The molecule has 3 heterocycles. The number of piperazine rings is 2. The van der Waals surface area contributed by atoms with Crippen molar-refractivity contribution in [3.63, 3.8) is 0 Å². The smallest absolute Gasteiger partial charge is 0.252 e. The van der Waals surface area contributed by atoms with Crippen LogP contribution in [-0.2, 0) is 23.1 Å². The Hall–Kier alpha value is -3.64. The van der Waals surface area contributed by atoms with Gasteiger partial charge in [0.2, 0.25) is 16.0 Å². The summed E-state index contributed by atoms with van der Waals surface area (Å²) in [6.07, 6.45) is 0. The summed E-state index contributed by atoms with van der Waals surface area (Å²) in [5, 5.41) is 1.89. The number of sulfonamides is 1. The van der Waals surface area contributed by atoms with Gasteiger partial charge >= 0.3 is 0 Å². The molecule has 2 aliphatic heterocycles. The lowest BCUT2D eigenvalue weighted by molar-refractivity contribution is 0.121. The Kier molecular flexibility index (Phi) is 7.85. The number of halogens is 1. The van der Waals surface area contributed by atoms with Gasteiger partial charge in [0.05, 0.1) is 10.6 Å². The lowest BCUT2D eigenvalue weighted by Gasteiger charge is -2.35. The van der Waals surface area contributed by atoms with Crippen LogP contribution in [0.4, 0.5) is 10.3 Å². The van der Waals surface area contributed by atoms with Crippen molar-refractivity contribution in [3.05, 3.63) is 100 Å². The molecule has 0 amide bonds. The molecule has 9 nitrogen and oxygen atoms in total. The monoisotopic (exact) mass is 576 g/mol. The van der Waals surface area contributed by atoms with E-state index in [-0.39, 0.29) is 16.3 Å². The number of anilines is 1. The number of nitrogens with one attached hydrogen (secondary N) is 1. The average molecular weight is 577 g/mol. The molecule has 2 aliphatic rings. The molecule has 1 aromatic heterocycles. The first-order valence-electron chi connectivity index (χ1n) is 13.9. The highest BCUT2D eigenvalue weighted by Gasteiger charge is 2.29. The number of fused-ring (bicyclic) bond motifs is 1. The SMILES string of the molecule is O=c1cc(CN2CCN(Cc3ccc(F)cc3)CC2)nc(N2CCN(S(=O)(=O)c3ccc4ccccc4c3)CC2)[nH]1. The number of aromatic nitrogens is 2. The fourth-order valence-electron chi connectivity index (χ4n) is 5.52. The summed E-state index contributed by atoms with van der Waals surface area (Å²) >= 11 is 0. The van der Waals surface area contributed by atoms with Crippen molar-refractivity contribution in [2.45, 2.75) is 18.0 Å². The molecular formula is C30H33FN6O3S. The molecule has 4 aromatic rings. The molecule has 0 unspecified atom stereocenters. The first-order chi connectivity index (χ1) is 19.8. The maximum Gasteiger partial charge on any atom is 0.252 e. The highest BCUT2D eigenvalue weighted by molar-refractivity contribution is 7.89. The molecule has 0 aliphatic carbocycles. The molecule has 41 heavy (non-hydrogen) atoms. The molecule has 0 atom stereocenters. The van der Waals surface area contributed by atoms with Gasteiger partial charge in [-0.1, -0.05) is 42.5 Å². The lowest BCUT2D eigenvalue weighted by atomic mass is 10.1. The Morgan fingerprint density at radius 2 is 1.41 bits per heavy atom. The number of nitrogens with zero attached hydrogens (tertiary/aromatic N) is 5. The van der Waals surface area contributed by atoms with Crippen LogP contribution in [0.2, 0.25) is 0 Å². The van der Waals surface area contributed by atoms with Crippen LogP contribution in [0.1, 0.15) is 11.3 Å². The average Bonchev–Trinajstić information content (AvgIpc) is 2.99. The van der Waals surface area contributed by atoms with Gasteiger partial charge in [0, 0.05) is 71.5 Å². The Morgan fingerprint density at radius 3 is 2.12 bits per heavy atom. The standard InChI is InChI=1S/C30H33FN6O3S/c31-26-8-5-23(6-9-26)21-34-11-13-35(14-12-34)22-27-20-29(38)33-30(32-27)36-15-17-37(18-16-36)41(39,40)28-10-7-24-3-1-2-4-25(24)19-28/h1-10,19-20H,11-18,21-22H2,(H,32,33,38). The predicted molar refractivity (Wildman–Crippen MR) is 157 cm³/mol. The van der Waals surface area contributed by atoms with E-state index < -0.39 is 10.0 Å². The molecule has 214 valence electrons. The second-order valence-electron chi connectivity index (χ2n) is 10.6. The van der Waals surface area contributed by atoms with Crippen molar-refractivity contribution in [2.24, 2.45) is 0 Å². The van der Waals surface area contributed by atoms with Gasteiger partial charge < -0.3 is 4.90 Å². The number of H-pyrrole nitrogens is 1. The highest BCUT2D eigenvalue weighted by atomic mass is 32.2. The van der Waals surface area contributed by atoms with Gasteiger partial charge in [0.15, 0.2) is 0 Å². The second-order valence-corrected chi connectivity index (χ2v) is 12.6. The molecule has 2 fully saturated rings. The van der Waals surface area contributed by atoms with Gasteiger partial charge in [-0.05, 0) is 40.6 Å². The van der Waals surface area contributed by atoms with Gasteiger partial charge in [-0.2, -0.15) is 4.31 Å². The van der Waals surface area contributed by atoms with E-state index in [2.05, 4.69) is 14.8 Å². The summed E-state index contributed by atoms with van der Waals surface area (Å²) in [4.78, 5) is 26.9. The minimum Gasteiger partial charge on any atom is -0.340 e. The van der Waals surface area contributed by atoms with E-state index in [9.17, 15) is 17.6 Å². The molecule has 0 spiro atoms. The third kappa shape index (κ3) is 6.33. The summed E-state index contributed by atoms with van der Waals surface area (Å²) in [6.45, 7) is 6.26. The van der Waals surface area contributed by atoms with Gasteiger partial charge in [-0.3, -0.25) is 19.6 Å². The van der Waals surface area contributed by atoms with E-state index in [0.717, 1.165) is 49.1 Å². The van der Waals surface area contributed by atoms with E-state index >= 15 is 0 Å². The van der Waals surface area contributed by atoms with Crippen molar-refractivity contribution < 1.29 is 12.8 Å². The molecule has 6 rings (SSSR count). The minimum absolute atomic E-state index is 0.217. The quantitative estimate of drug-likeness (QED) is 0.362. The Morgan fingerprint density at radius 1 is 0.756 bits per heavy atom. The van der Waals surface area contributed by atoms with Crippen molar-refractivity contribution >= 4 is 26.7 Å². The van der Waals surface area contributed by atoms with Crippen molar-refractivity contribution in [1.82, 2.24) is 24.1 Å². The maximum absolute atomic E-state index is 13.4. The number of benzene rings is 3. The molecular weight excluding hydrogens is 543 g/mol. The molecule has 1 N–H and O–H groups in total. The van der Waals surface area contributed by atoms with Crippen molar-refractivity contribution in [1.29, 1.82) is 0 Å². The zero-order valence-electron chi connectivity index (χ0n) is 22.7.